The summed E-state index contributed by atoms with van der Waals surface area (Å²) in [4.78, 5) is 33.7. The number of carboxylic acids is 1. The maximum Gasteiger partial charge on any atom is 0.490 e. The van der Waals surface area contributed by atoms with E-state index in [2.05, 4.69) is 24.6 Å². The van der Waals surface area contributed by atoms with Crippen molar-refractivity contribution in [1.82, 2.24) is 14.3 Å². The third kappa shape index (κ3) is 8.25. The predicted molar refractivity (Wildman–Crippen MR) is 133 cm³/mol. The monoisotopic (exact) mass is 626 g/mol. The number of hydrogen-bond acceptors (Lipinski definition) is 9. The number of aryl methyl sites for hydroxylation is 1. The van der Waals surface area contributed by atoms with Gasteiger partial charge in [-0.1, -0.05) is 0 Å². The first kappa shape index (κ1) is 33.7. The summed E-state index contributed by atoms with van der Waals surface area (Å²) >= 11 is 0. The zero-order chi connectivity index (χ0) is 32.3. The van der Waals surface area contributed by atoms with Crippen molar-refractivity contribution in [1.29, 1.82) is 5.26 Å². The third-order valence-electron chi connectivity index (χ3n) is 5.29. The number of aliphatic imine (C=N–C) groups is 1. The summed E-state index contributed by atoms with van der Waals surface area (Å²) in [6.07, 6.45) is -8.58. The van der Waals surface area contributed by atoms with Crippen molar-refractivity contribution < 1.29 is 49.6 Å². The lowest BCUT2D eigenvalue weighted by Gasteiger charge is -2.36. The zero-order valence-electron chi connectivity index (χ0n) is 21.7. The second-order valence-electron chi connectivity index (χ2n) is 8.68. The van der Waals surface area contributed by atoms with Gasteiger partial charge in [0.2, 0.25) is 5.96 Å². The van der Waals surface area contributed by atoms with Crippen LogP contribution in [0.3, 0.4) is 0 Å². The molecule has 0 aliphatic carbocycles. The smallest absolute Gasteiger partial charge is 0.475 e. The Bertz CT molecular complexity index is 1580. The number of halogens is 7. The van der Waals surface area contributed by atoms with Crippen LogP contribution in [0.4, 0.5) is 36.6 Å². The summed E-state index contributed by atoms with van der Waals surface area (Å²) < 4.78 is 102. The van der Waals surface area contributed by atoms with E-state index in [1.54, 1.807) is 6.92 Å². The van der Waals surface area contributed by atoms with Gasteiger partial charge in [-0.15, -0.1) is 0 Å². The maximum absolute atomic E-state index is 14.8. The molecular weight excluding hydrogens is 605 g/mol. The first-order valence-electron chi connectivity index (χ1n) is 11.1. The van der Waals surface area contributed by atoms with Gasteiger partial charge in [-0.3, -0.25) is 9.10 Å². The van der Waals surface area contributed by atoms with Crippen LogP contribution in [0.2, 0.25) is 0 Å². The fourth-order valence-corrected chi connectivity index (χ4v) is 5.40. The number of guanidine groups is 1. The quantitative estimate of drug-likeness (QED) is 0.432. The average molecular weight is 627 g/mol. The van der Waals surface area contributed by atoms with Crippen molar-refractivity contribution in [3.05, 3.63) is 52.7 Å². The van der Waals surface area contributed by atoms with E-state index in [1.807, 2.05) is 6.07 Å². The number of rotatable bonds is 4. The Morgan fingerprint density at radius 1 is 1.29 bits per heavy atom. The molecule has 0 radical (unpaired) electrons. The van der Waals surface area contributed by atoms with Crippen molar-refractivity contribution >= 4 is 33.6 Å². The molecule has 4 N–H and O–H groups in total. The second-order valence-corrected chi connectivity index (χ2v) is 11.0. The van der Waals surface area contributed by atoms with Crippen LogP contribution >= 0.6 is 0 Å². The topological polar surface area (TPSA) is 187 Å². The lowest BCUT2D eigenvalue weighted by molar-refractivity contribution is -0.192. The van der Waals surface area contributed by atoms with Crippen LogP contribution in [0.15, 0.2) is 33.8 Å². The van der Waals surface area contributed by atoms with E-state index in [1.165, 1.54) is 26.2 Å². The van der Waals surface area contributed by atoms with Gasteiger partial charge in [0.05, 0.1) is 11.3 Å². The first-order valence-corrected chi connectivity index (χ1v) is 12.8. The third-order valence-corrected chi connectivity index (χ3v) is 7.80. The highest BCUT2D eigenvalue weighted by Crippen LogP contribution is 2.34. The molecule has 1 aliphatic rings. The zero-order valence-corrected chi connectivity index (χ0v) is 22.5. The minimum absolute atomic E-state index is 0.00147. The molecule has 12 nitrogen and oxygen atoms in total. The van der Waals surface area contributed by atoms with E-state index in [0.717, 1.165) is 16.4 Å². The number of alkyl halides is 6. The summed E-state index contributed by atoms with van der Waals surface area (Å²) in [6, 6.07) is 5.49. The molecule has 0 spiro atoms. The summed E-state index contributed by atoms with van der Waals surface area (Å²) in [5, 5.41) is 18.5. The van der Waals surface area contributed by atoms with E-state index in [0.29, 0.717) is 5.56 Å². The standard InChI is InChI=1S/C20H20F4N8O2S.C2HF3O2/c1-11-6-12(7-25)8-27-15(11)17(33)30-14-5-4-13(21)16(29-14)19(2)10-35(34,28-9-20(22,23)24)32(3)18(26)31-19;3-2(4,5)1(6)7/h4-6,8H,9-10H2,1-3H3,(H2,26,31)(H,29,30,33);(H,6,7)/t19-,35+;/m0./s1. The molecule has 1 aliphatic heterocycles. The molecule has 2 aromatic heterocycles. The number of carboxylic acid groups (broad SMARTS) is 1. The van der Waals surface area contributed by atoms with Gasteiger partial charge >= 0.3 is 18.3 Å². The van der Waals surface area contributed by atoms with E-state index < -0.39 is 69.5 Å². The molecule has 42 heavy (non-hydrogen) atoms. The predicted octanol–water partition coefficient (Wildman–Crippen LogP) is 3.10. The molecule has 2 aromatic rings. The fraction of sp³-hybridized carbons (Fsp3) is 0.364. The maximum atomic E-state index is 14.8. The van der Waals surface area contributed by atoms with Crippen LogP contribution in [-0.4, -0.2) is 73.1 Å². The molecule has 0 aromatic carbocycles. The Labute approximate surface area is 233 Å². The molecule has 2 atom stereocenters. The van der Waals surface area contributed by atoms with Crippen LogP contribution in [-0.2, 0) is 20.2 Å². The molecule has 228 valence electrons. The average Bonchev–Trinajstić information content (AvgIpc) is 2.86. The molecule has 0 saturated heterocycles. The molecule has 0 fully saturated rings. The second kappa shape index (κ2) is 12.1. The van der Waals surface area contributed by atoms with Crippen molar-refractivity contribution in [3.8, 4) is 6.07 Å². The van der Waals surface area contributed by atoms with Gasteiger partial charge in [0, 0.05) is 13.2 Å². The van der Waals surface area contributed by atoms with Crippen LogP contribution in [0.1, 0.15) is 34.2 Å². The molecular formula is C22H21F7N8O4S. The minimum atomic E-state index is -5.08. The molecule has 20 heteroatoms. The van der Waals surface area contributed by atoms with E-state index in [4.69, 9.17) is 20.9 Å². The number of pyridine rings is 2. The van der Waals surface area contributed by atoms with Gasteiger partial charge in [0.1, 0.15) is 51.1 Å². The summed E-state index contributed by atoms with van der Waals surface area (Å²) in [6.45, 7) is 1.19. The molecule has 1 amide bonds. The fourth-order valence-electron chi connectivity index (χ4n) is 3.33. The number of hydrogen-bond donors (Lipinski definition) is 3. The summed E-state index contributed by atoms with van der Waals surface area (Å²) in [7, 11) is -2.59. The first-order chi connectivity index (χ1) is 19.1. The number of aliphatic carboxylic acids is 1. The number of nitrogens with one attached hydrogen (secondary N) is 1. The van der Waals surface area contributed by atoms with E-state index >= 15 is 0 Å². The number of anilines is 1. The molecule has 3 rings (SSSR count). The van der Waals surface area contributed by atoms with Gasteiger partial charge in [-0.25, -0.2) is 32.7 Å². The lowest BCUT2D eigenvalue weighted by Crippen LogP contribution is -2.51. The summed E-state index contributed by atoms with van der Waals surface area (Å²) in [5.41, 5.74) is 4.31. The Kier molecular flexibility index (Phi) is 9.73. The SMILES string of the molecule is Cc1cc(C#N)cnc1C(=O)Nc1ccc(F)c([C@]2(C)C[S@@](=O)(=NCC(F)(F)F)N(C)C(N)=N2)n1.O=C(O)C(F)(F)F. The van der Waals surface area contributed by atoms with Gasteiger partial charge in [0.15, 0.2) is 0 Å². The number of carbonyl (C=O) groups excluding carboxylic acids is 1. The van der Waals surface area contributed by atoms with Gasteiger partial charge in [-0.2, -0.15) is 31.6 Å². The lowest BCUT2D eigenvalue weighted by atomic mass is 10.00. The summed E-state index contributed by atoms with van der Waals surface area (Å²) in [5.74, 6) is -5.53. The minimum Gasteiger partial charge on any atom is -0.475 e. The van der Waals surface area contributed by atoms with E-state index in [9.17, 15) is 39.7 Å². The highest BCUT2D eigenvalue weighted by atomic mass is 32.2. The highest BCUT2D eigenvalue weighted by molar-refractivity contribution is 7.92. The van der Waals surface area contributed by atoms with Crippen LogP contribution < -0.4 is 11.1 Å². The number of nitrogens with zero attached hydrogens (tertiary/aromatic N) is 6. The van der Waals surface area contributed by atoms with Crippen molar-refractivity contribution in [3.63, 3.8) is 0 Å². The molecule has 0 bridgehead atoms. The van der Waals surface area contributed by atoms with Crippen molar-refractivity contribution in [2.24, 2.45) is 15.1 Å². The van der Waals surface area contributed by atoms with Gasteiger partial charge in [-0.05, 0) is 37.6 Å². The van der Waals surface area contributed by atoms with Crippen LogP contribution in [0.5, 0.6) is 0 Å². The normalized spacial score (nSPS) is 20.4. The molecule has 0 unspecified atom stereocenters. The molecule has 3 heterocycles. The largest absolute Gasteiger partial charge is 0.490 e. The number of aromatic nitrogens is 2. The number of amides is 1. The Hall–Kier alpha value is -4.54. The van der Waals surface area contributed by atoms with Crippen LogP contribution in [0.25, 0.3) is 0 Å². The van der Waals surface area contributed by atoms with E-state index in [-0.39, 0.29) is 17.1 Å². The molecule has 0 saturated carbocycles. The Morgan fingerprint density at radius 2 is 1.88 bits per heavy atom. The number of carbonyl (C=O) groups is 2. The number of nitrogens with two attached hydrogens (primary N) is 1. The van der Waals surface area contributed by atoms with Crippen molar-refractivity contribution in [2.75, 3.05) is 24.7 Å². The van der Waals surface area contributed by atoms with Crippen molar-refractivity contribution in [2.45, 2.75) is 31.7 Å². The van der Waals surface area contributed by atoms with Crippen LogP contribution in [0, 0.1) is 24.1 Å². The highest BCUT2D eigenvalue weighted by Gasteiger charge is 2.43. The van der Waals surface area contributed by atoms with Gasteiger partial charge in [0.25, 0.3) is 5.91 Å². The number of nitriles is 1. The Morgan fingerprint density at radius 3 is 2.38 bits per heavy atom. The van der Waals surface area contributed by atoms with Gasteiger partial charge < -0.3 is 16.2 Å². The Balaban J connectivity index is 0.000000782.